The second-order valence-corrected chi connectivity index (χ2v) is 5.65. The fraction of sp³-hybridized carbons (Fsp3) is 0.250. The van der Waals surface area contributed by atoms with Gasteiger partial charge in [0.2, 0.25) is 0 Å². The molecule has 1 atom stereocenters. The molecule has 6 nitrogen and oxygen atoms in total. The SMILES string of the molecule is Cc1cc2oc([C@]3(C)NC(=O)NC3=O)cc2nc1I. The summed E-state index contributed by atoms with van der Waals surface area (Å²) in [5.41, 5.74) is 1.08. The minimum Gasteiger partial charge on any atom is -0.456 e. The Morgan fingerprint density at radius 2 is 2.11 bits per heavy atom. The van der Waals surface area contributed by atoms with E-state index in [1.54, 1.807) is 13.0 Å². The fourth-order valence-electron chi connectivity index (χ4n) is 2.00. The minimum absolute atomic E-state index is 0.375. The molecule has 3 heterocycles. The van der Waals surface area contributed by atoms with Crippen LogP contribution in [0, 0.1) is 10.6 Å². The van der Waals surface area contributed by atoms with Gasteiger partial charge in [-0.3, -0.25) is 10.1 Å². The smallest absolute Gasteiger partial charge is 0.322 e. The van der Waals surface area contributed by atoms with E-state index in [0.29, 0.717) is 16.9 Å². The van der Waals surface area contributed by atoms with E-state index in [1.807, 2.05) is 13.0 Å². The third-order valence-electron chi connectivity index (χ3n) is 3.17. The molecule has 1 fully saturated rings. The van der Waals surface area contributed by atoms with Crippen molar-refractivity contribution in [1.29, 1.82) is 0 Å². The van der Waals surface area contributed by atoms with Crippen molar-refractivity contribution >= 4 is 45.6 Å². The fourth-order valence-corrected chi connectivity index (χ4v) is 2.42. The molecule has 0 saturated carbocycles. The Balaban J connectivity index is 2.16. The third kappa shape index (κ3) is 1.79. The lowest BCUT2D eigenvalue weighted by Gasteiger charge is -2.16. The molecule has 0 unspecified atom stereocenters. The van der Waals surface area contributed by atoms with Crippen LogP contribution in [0.3, 0.4) is 0 Å². The number of fused-ring (bicyclic) bond motifs is 1. The Kier molecular flexibility index (Phi) is 2.56. The number of pyridine rings is 1. The first-order valence-electron chi connectivity index (χ1n) is 5.61. The predicted octanol–water partition coefficient (Wildman–Crippen LogP) is 1.80. The molecule has 98 valence electrons. The standard InChI is InChI=1S/C12H10IN3O3/c1-5-3-7-6(14-9(5)13)4-8(19-7)12(2)10(17)15-11(18)16-12/h3-4H,1-2H3,(H2,15,16,17,18)/t12-/m0/s1. The van der Waals surface area contributed by atoms with E-state index in [4.69, 9.17) is 4.42 Å². The van der Waals surface area contributed by atoms with Crippen LogP contribution in [0.4, 0.5) is 4.79 Å². The van der Waals surface area contributed by atoms with Gasteiger partial charge in [0.1, 0.15) is 15.0 Å². The van der Waals surface area contributed by atoms with Gasteiger partial charge in [-0.1, -0.05) is 0 Å². The van der Waals surface area contributed by atoms with Crippen molar-refractivity contribution in [1.82, 2.24) is 15.6 Å². The van der Waals surface area contributed by atoms with Gasteiger partial charge in [-0.2, -0.15) is 0 Å². The van der Waals surface area contributed by atoms with Gasteiger partial charge in [-0.15, -0.1) is 0 Å². The molecule has 19 heavy (non-hydrogen) atoms. The number of furan rings is 1. The van der Waals surface area contributed by atoms with E-state index in [0.717, 1.165) is 9.26 Å². The van der Waals surface area contributed by atoms with Gasteiger partial charge in [0.25, 0.3) is 5.91 Å². The summed E-state index contributed by atoms with van der Waals surface area (Å²) >= 11 is 2.14. The lowest BCUT2D eigenvalue weighted by atomic mass is 10.00. The van der Waals surface area contributed by atoms with E-state index >= 15 is 0 Å². The van der Waals surface area contributed by atoms with Crippen LogP contribution in [0.15, 0.2) is 16.5 Å². The number of imide groups is 1. The van der Waals surface area contributed by atoms with Crippen LogP contribution in [0.25, 0.3) is 11.1 Å². The van der Waals surface area contributed by atoms with Crippen LogP contribution >= 0.6 is 22.6 Å². The van der Waals surface area contributed by atoms with Gasteiger partial charge in [-0.05, 0) is 48.1 Å². The molecule has 0 bridgehead atoms. The molecule has 1 aliphatic heterocycles. The predicted molar refractivity (Wildman–Crippen MR) is 75.5 cm³/mol. The molecule has 7 heteroatoms. The van der Waals surface area contributed by atoms with Gasteiger partial charge in [-0.25, -0.2) is 9.78 Å². The maximum atomic E-state index is 11.8. The van der Waals surface area contributed by atoms with Crippen LogP contribution in [0.2, 0.25) is 0 Å². The molecule has 1 aliphatic rings. The molecule has 3 rings (SSSR count). The Morgan fingerprint density at radius 3 is 2.74 bits per heavy atom. The zero-order valence-corrected chi connectivity index (χ0v) is 12.4. The monoisotopic (exact) mass is 371 g/mol. The first-order chi connectivity index (χ1) is 8.90. The lowest BCUT2D eigenvalue weighted by Crippen LogP contribution is -2.40. The van der Waals surface area contributed by atoms with Crippen LogP contribution in [0.1, 0.15) is 18.2 Å². The highest BCUT2D eigenvalue weighted by Crippen LogP contribution is 2.30. The van der Waals surface area contributed by atoms with Crippen molar-refractivity contribution in [3.05, 3.63) is 27.2 Å². The minimum atomic E-state index is -1.18. The highest BCUT2D eigenvalue weighted by Gasteiger charge is 2.46. The summed E-state index contributed by atoms with van der Waals surface area (Å²) in [5.74, 6) is -0.0530. The molecule has 2 aromatic rings. The highest BCUT2D eigenvalue weighted by atomic mass is 127. The number of nitrogens with zero attached hydrogens (tertiary/aromatic N) is 1. The van der Waals surface area contributed by atoms with Crippen molar-refractivity contribution < 1.29 is 14.0 Å². The van der Waals surface area contributed by atoms with E-state index in [9.17, 15) is 9.59 Å². The number of aromatic nitrogens is 1. The largest absolute Gasteiger partial charge is 0.456 e. The molecule has 0 aliphatic carbocycles. The number of hydrogen-bond donors (Lipinski definition) is 2. The van der Waals surface area contributed by atoms with Gasteiger partial charge in [0.15, 0.2) is 11.1 Å². The van der Waals surface area contributed by atoms with Gasteiger partial charge in [0.05, 0.1) is 0 Å². The number of amides is 3. The summed E-state index contributed by atoms with van der Waals surface area (Å²) < 4.78 is 6.55. The average molecular weight is 371 g/mol. The first kappa shape index (κ1) is 12.4. The van der Waals surface area contributed by atoms with Crippen molar-refractivity contribution in [2.75, 3.05) is 0 Å². The molecule has 2 aromatic heterocycles. The number of carbonyl (C=O) groups is 2. The maximum Gasteiger partial charge on any atom is 0.322 e. The molecule has 2 N–H and O–H groups in total. The van der Waals surface area contributed by atoms with Gasteiger partial charge < -0.3 is 9.73 Å². The number of nitrogens with one attached hydrogen (secondary N) is 2. The Bertz CT molecular complexity index is 685. The molecule has 1 saturated heterocycles. The number of hydrogen-bond acceptors (Lipinski definition) is 4. The molecule has 0 spiro atoms. The molecule has 3 amide bonds. The first-order valence-corrected chi connectivity index (χ1v) is 6.69. The van der Waals surface area contributed by atoms with Crippen molar-refractivity contribution in [2.24, 2.45) is 0 Å². The second kappa shape index (κ2) is 3.92. The maximum absolute atomic E-state index is 11.8. The van der Waals surface area contributed by atoms with Crippen LogP contribution in [-0.2, 0) is 10.3 Å². The quantitative estimate of drug-likeness (QED) is 0.455. The Morgan fingerprint density at radius 1 is 1.37 bits per heavy atom. The summed E-state index contributed by atoms with van der Waals surface area (Å²) in [6.07, 6.45) is 0. The highest BCUT2D eigenvalue weighted by molar-refractivity contribution is 14.1. The molecular formula is C12H10IN3O3. The topological polar surface area (TPSA) is 84.2 Å². The van der Waals surface area contributed by atoms with Gasteiger partial charge in [0, 0.05) is 6.07 Å². The summed E-state index contributed by atoms with van der Waals surface area (Å²) in [7, 11) is 0. The van der Waals surface area contributed by atoms with Crippen molar-refractivity contribution in [3.63, 3.8) is 0 Å². The lowest BCUT2D eigenvalue weighted by molar-refractivity contribution is -0.124. The Labute approximate surface area is 122 Å². The van der Waals surface area contributed by atoms with Crippen LogP contribution in [0.5, 0.6) is 0 Å². The number of urea groups is 1. The van der Waals surface area contributed by atoms with Crippen molar-refractivity contribution in [3.8, 4) is 0 Å². The second-order valence-electron chi connectivity index (χ2n) is 4.62. The summed E-state index contributed by atoms with van der Waals surface area (Å²) in [6, 6.07) is 3.03. The van der Waals surface area contributed by atoms with Crippen LogP contribution < -0.4 is 10.6 Å². The number of carbonyl (C=O) groups excluding carboxylic acids is 2. The van der Waals surface area contributed by atoms with E-state index in [2.05, 4.69) is 38.2 Å². The summed E-state index contributed by atoms with van der Waals surface area (Å²) in [6.45, 7) is 3.53. The summed E-state index contributed by atoms with van der Waals surface area (Å²) in [4.78, 5) is 27.5. The number of halogens is 1. The Hall–Kier alpha value is -1.64. The normalized spacial score (nSPS) is 22.7. The average Bonchev–Trinajstić information content (AvgIpc) is 2.82. The zero-order valence-electron chi connectivity index (χ0n) is 10.2. The van der Waals surface area contributed by atoms with E-state index in [1.165, 1.54) is 0 Å². The van der Waals surface area contributed by atoms with E-state index in [-0.39, 0.29) is 0 Å². The number of aryl methyl sites for hydroxylation is 1. The zero-order chi connectivity index (χ0) is 13.8. The third-order valence-corrected chi connectivity index (χ3v) is 4.26. The number of rotatable bonds is 1. The molecular weight excluding hydrogens is 361 g/mol. The van der Waals surface area contributed by atoms with Crippen molar-refractivity contribution in [2.45, 2.75) is 19.4 Å². The molecule has 0 radical (unpaired) electrons. The van der Waals surface area contributed by atoms with Gasteiger partial charge >= 0.3 is 6.03 Å². The van der Waals surface area contributed by atoms with Crippen LogP contribution in [-0.4, -0.2) is 16.9 Å². The van der Waals surface area contributed by atoms with E-state index < -0.39 is 17.5 Å². The summed E-state index contributed by atoms with van der Waals surface area (Å²) in [5, 5.41) is 4.77. The molecule has 0 aromatic carbocycles.